The Morgan fingerprint density at radius 2 is 1.74 bits per heavy atom. The molecular formula is C27H29N5O3. The first kappa shape index (κ1) is 23.2. The van der Waals surface area contributed by atoms with Crippen molar-refractivity contribution in [2.75, 3.05) is 44.9 Å². The second-order valence-corrected chi connectivity index (χ2v) is 8.58. The van der Waals surface area contributed by atoms with Gasteiger partial charge in [0, 0.05) is 38.0 Å². The van der Waals surface area contributed by atoms with Crippen molar-refractivity contribution in [3.63, 3.8) is 0 Å². The van der Waals surface area contributed by atoms with E-state index in [1.54, 1.807) is 11.8 Å². The average Bonchev–Trinajstić information content (AvgIpc) is 3.42. The van der Waals surface area contributed by atoms with E-state index in [0.29, 0.717) is 37.9 Å². The fourth-order valence-corrected chi connectivity index (χ4v) is 4.36. The fraction of sp³-hybridized carbons (Fsp3) is 0.296. The maximum absolute atomic E-state index is 10.6. The summed E-state index contributed by atoms with van der Waals surface area (Å²) in [5.74, 6) is 1.72. The second-order valence-electron chi connectivity index (χ2n) is 8.58. The third-order valence-electron chi connectivity index (χ3n) is 6.34. The molecule has 3 heterocycles. The Morgan fingerprint density at radius 3 is 2.46 bits per heavy atom. The first-order chi connectivity index (χ1) is 17.1. The highest BCUT2D eigenvalue weighted by Gasteiger charge is 2.38. The van der Waals surface area contributed by atoms with E-state index in [1.807, 2.05) is 60.8 Å². The van der Waals surface area contributed by atoms with Gasteiger partial charge in [-0.15, -0.1) is 0 Å². The van der Waals surface area contributed by atoms with Crippen molar-refractivity contribution in [3.05, 3.63) is 89.9 Å². The van der Waals surface area contributed by atoms with Crippen molar-refractivity contribution in [2.24, 2.45) is 0 Å². The zero-order chi connectivity index (χ0) is 24.3. The molecule has 180 valence electrons. The van der Waals surface area contributed by atoms with Crippen LogP contribution in [0.2, 0.25) is 0 Å². The summed E-state index contributed by atoms with van der Waals surface area (Å²) in [7, 11) is 1.57. The van der Waals surface area contributed by atoms with Gasteiger partial charge in [0.25, 0.3) is 0 Å². The van der Waals surface area contributed by atoms with Crippen LogP contribution in [0.4, 0.5) is 5.82 Å². The van der Waals surface area contributed by atoms with Crippen LogP contribution < -0.4 is 4.90 Å². The lowest BCUT2D eigenvalue weighted by atomic mass is 9.93. The Hall–Kier alpha value is -3.59. The van der Waals surface area contributed by atoms with E-state index in [1.165, 1.54) is 5.56 Å². The molecule has 1 fully saturated rings. The molecule has 0 aliphatic carbocycles. The number of aromatic nitrogens is 4. The van der Waals surface area contributed by atoms with Crippen LogP contribution in [-0.2, 0) is 15.1 Å². The van der Waals surface area contributed by atoms with Gasteiger partial charge in [0.2, 0.25) is 0 Å². The number of rotatable bonds is 7. The molecule has 0 saturated carbocycles. The van der Waals surface area contributed by atoms with E-state index in [9.17, 15) is 5.11 Å². The quantitative estimate of drug-likeness (QED) is 0.442. The summed E-state index contributed by atoms with van der Waals surface area (Å²) in [6.07, 6.45) is 1.89. The highest BCUT2D eigenvalue weighted by atomic mass is 16.5. The van der Waals surface area contributed by atoms with Crippen molar-refractivity contribution in [1.29, 1.82) is 0 Å². The molecule has 2 aromatic heterocycles. The second kappa shape index (κ2) is 9.95. The summed E-state index contributed by atoms with van der Waals surface area (Å²) in [4.78, 5) is 11.9. The van der Waals surface area contributed by atoms with Gasteiger partial charge in [0.05, 0.1) is 25.5 Å². The Balaban J connectivity index is 1.64. The molecule has 1 N–H and O–H groups in total. The molecule has 0 bridgehead atoms. The number of aliphatic hydroxyl groups is 1. The van der Waals surface area contributed by atoms with Crippen LogP contribution in [-0.4, -0.2) is 64.9 Å². The third-order valence-corrected chi connectivity index (χ3v) is 6.34. The zero-order valence-electron chi connectivity index (χ0n) is 20.0. The topological polar surface area (TPSA) is 85.5 Å². The maximum Gasteiger partial charge on any atom is 0.175 e. The number of ether oxygens (including phenoxy) is 2. The van der Waals surface area contributed by atoms with Gasteiger partial charge in [0.1, 0.15) is 5.82 Å². The molecule has 4 aromatic rings. The van der Waals surface area contributed by atoms with Crippen molar-refractivity contribution in [2.45, 2.75) is 12.5 Å². The molecule has 1 aliphatic heterocycles. The third kappa shape index (κ3) is 4.55. The number of morpholine rings is 1. The minimum absolute atomic E-state index is 0.312. The molecule has 1 atom stereocenters. The van der Waals surface area contributed by atoms with Crippen LogP contribution in [0.15, 0.2) is 72.9 Å². The van der Waals surface area contributed by atoms with E-state index >= 15 is 0 Å². The van der Waals surface area contributed by atoms with Gasteiger partial charge in [-0.1, -0.05) is 54.1 Å². The molecule has 8 nitrogen and oxygen atoms in total. The molecule has 35 heavy (non-hydrogen) atoms. The van der Waals surface area contributed by atoms with Gasteiger partial charge in [-0.25, -0.2) is 14.6 Å². The Morgan fingerprint density at radius 1 is 0.971 bits per heavy atom. The predicted octanol–water partition coefficient (Wildman–Crippen LogP) is 3.36. The number of aliphatic hydroxyl groups excluding tert-OH is 1. The van der Waals surface area contributed by atoms with Crippen molar-refractivity contribution >= 4 is 5.82 Å². The zero-order valence-corrected chi connectivity index (χ0v) is 20.0. The van der Waals surface area contributed by atoms with Crippen LogP contribution >= 0.6 is 0 Å². The molecule has 8 heteroatoms. The lowest BCUT2D eigenvalue weighted by molar-refractivity contribution is -0.0307. The SMILES string of the molecule is CO[C@](CO)(c1ccccc1)c1nc(N2CCOCC2)cc(-n2ccc(-c3cccc(C)c3)n2)n1. The molecule has 0 amide bonds. The summed E-state index contributed by atoms with van der Waals surface area (Å²) in [6.45, 7) is 4.44. The Labute approximate surface area is 204 Å². The number of anilines is 1. The lowest BCUT2D eigenvalue weighted by Crippen LogP contribution is -2.40. The van der Waals surface area contributed by atoms with Gasteiger partial charge in [-0.2, -0.15) is 5.10 Å². The molecule has 0 spiro atoms. The largest absolute Gasteiger partial charge is 0.392 e. The standard InChI is InChI=1S/C27H29N5O3/c1-20-7-6-8-21(17-20)23-11-12-32(30-23)25-18-24(31-13-15-35-16-14-31)28-26(29-25)27(19-33,34-2)22-9-4-3-5-10-22/h3-12,17-18,33H,13-16,19H2,1-2H3/t27-/m1/s1. The number of benzene rings is 2. The first-order valence-corrected chi connectivity index (χ1v) is 11.7. The minimum Gasteiger partial charge on any atom is -0.392 e. The number of hydrogen-bond acceptors (Lipinski definition) is 7. The Kier molecular flexibility index (Phi) is 6.59. The van der Waals surface area contributed by atoms with Crippen LogP contribution in [0.1, 0.15) is 17.0 Å². The van der Waals surface area contributed by atoms with Gasteiger partial charge in [-0.05, 0) is 24.6 Å². The molecular weight excluding hydrogens is 442 g/mol. The normalized spacial score (nSPS) is 15.7. The lowest BCUT2D eigenvalue weighted by Gasteiger charge is -2.32. The van der Waals surface area contributed by atoms with E-state index in [-0.39, 0.29) is 6.61 Å². The smallest absolute Gasteiger partial charge is 0.175 e. The van der Waals surface area contributed by atoms with Crippen LogP contribution in [0, 0.1) is 6.92 Å². The maximum atomic E-state index is 10.6. The summed E-state index contributed by atoms with van der Waals surface area (Å²) >= 11 is 0. The molecule has 2 aromatic carbocycles. The minimum atomic E-state index is -1.22. The predicted molar refractivity (Wildman–Crippen MR) is 134 cm³/mol. The summed E-state index contributed by atoms with van der Waals surface area (Å²) in [5, 5.41) is 15.4. The monoisotopic (exact) mass is 471 g/mol. The van der Waals surface area contributed by atoms with Crippen LogP contribution in [0.25, 0.3) is 17.1 Å². The van der Waals surface area contributed by atoms with E-state index in [2.05, 4.69) is 24.0 Å². The van der Waals surface area contributed by atoms with Crippen molar-refractivity contribution in [1.82, 2.24) is 19.7 Å². The van der Waals surface area contributed by atoms with Gasteiger partial charge in [-0.3, -0.25) is 0 Å². The Bertz CT molecular complexity index is 1280. The molecule has 0 radical (unpaired) electrons. The first-order valence-electron chi connectivity index (χ1n) is 11.7. The van der Waals surface area contributed by atoms with E-state index in [0.717, 1.165) is 22.6 Å². The highest BCUT2D eigenvalue weighted by Crippen LogP contribution is 2.33. The van der Waals surface area contributed by atoms with Crippen molar-refractivity contribution < 1.29 is 14.6 Å². The van der Waals surface area contributed by atoms with Gasteiger partial charge >= 0.3 is 0 Å². The van der Waals surface area contributed by atoms with Crippen molar-refractivity contribution in [3.8, 4) is 17.1 Å². The van der Waals surface area contributed by atoms with Crippen LogP contribution in [0.5, 0.6) is 0 Å². The van der Waals surface area contributed by atoms with E-state index in [4.69, 9.17) is 24.5 Å². The molecule has 1 aliphatic rings. The van der Waals surface area contributed by atoms with E-state index < -0.39 is 5.60 Å². The molecule has 1 saturated heterocycles. The van der Waals surface area contributed by atoms with Gasteiger partial charge < -0.3 is 19.5 Å². The summed E-state index contributed by atoms with van der Waals surface area (Å²) in [5.41, 5.74) is 2.62. The fourth-order valence-electron chi connectivity index (χ4n) is 4.36. The summed E-state index contributed by atoms with van der Waals surface area (Å²) in [6, 6.07) is 21.7. The molecule has 0 unspecified atom stereocenters. The number of hydrogen-bond donors (Lipinski definition) is 1. The number of aryl methyl sites for hydroxylation is 1. The highest BCUT2D eigenvalue weighted by molar-refractivity contribution is 5.60. The molecule has 5 rings (SSSR count). The number of nitrogens with zero attached hydrogens (tertiary/aromatic N) is 5. The summed E-state index contributed by atoms with van der Waals surface area (Å²) < 4.78 is 13.2. The van der Waals surface area contributed by atoms with Gasteiger partial charge in [0.15, 0.2) is 17.2 Å². The van der Waals surface area contributed by atoms with Crippen LogP contribution in [0.3, 0.4) is 0 Å². The average molecular weight is 472 g/mol. The number of methoxy groups -OCH3 is 1.